The first-order chi connectivity index (χ1) is 7.50. The Labute approximate surface area is 93.3 Å². The molecule has 84 valence electrons. The van der Waals surface area contributed by atoms with Crippen LogP contribution in [0.5, 0.6) is 0 Å². The lowest BCUT2D eigenvalue weighted by atomic mass is 10.1. The molecule has 1 aliphatic rings. The van der Waals surface area contributed by atoms with E-state index >= 15 is 0 Å². The van der Waals surface area contributed by atoms with E-state index in [2.05, 4.69) is 5.32 Å². The van der Waals surface area contributed by atoms with Crippen LogP contribution in [0.1, 0.15) is 40.5 Å². The van der Waals surface area contributed by atoms with Gasteiger partial charge in [-0.1, -0.05) is 6.07 Å². The lowest BCUT2D eigenvalue weighted by Crippen LogP contribution is -2.34. The fraction of sp³-hybridized carbons (Fsp3) is 0.333. The third-order valence-electron chi connectivity index (χ3n) is 2.79. The van der Waals surface area contributed by atoms with Crippen LogP contribution in [0.15, 0.2) is 24.3 Å². The van der Waals surface area contributed by atoms with E-state index in [1.807, 2.05) is 6.92 Å². The number of benzene rings is 1. The molecule has 1 fully saturated rings. The monoisotopic (exact) mass is 219 g/mol. The lowest BCUT2D eigenvalue weighted by molar-refractivity contribution is 0.0697. The van der Waals surface area contributed by atoms with Crippen LogP contribution in [0.3, 0.4) is 0 Å². The number of carboxylic acids is 1. The molecule has 0 spiro atoms. The first-order valence-electron chi connectivity index (χ1n) is 5.16. The SMILES string of the molecule is CC1(NC(=O)c2cccc(C(=O)O)c2)CC1. The molecule has 1 aromatic carbocycles. The van der Waals surface area contributed by atoms with Crippen molar-refractivity contribution in [1.29, 1.82) is 0 Å². The zero-order valence-corrected chi connectivity index (χ0v) is 8.99. The Morgan fingerprint density at radius 3 is 2.50 bits per heavy atom. The van der Waals surface area contributed by atoms with Crippen molar-refractivity contribution in [2.24, 2.45) is 0 Å². The molecule has 1 amide bonds. The largest absolute Gasteiger partial charge is 0.478 e. The van der Waals surface area contributed by atoms with Gasteiger partial charge < -0.3 is 10.4 Å². The van der Waals surface area contributed by atoms with Crippen molar-refractivity contribution in [2.45, 2.75) is 25.3 Å². The number of carboxylic acid groups (broad SMARTS) is 1. The van der Waals surface area contributed by atoms with E-state index in [1.54, 1.807) is 12.1 Å². The molecule has 0 heterocycles. The van der Waals surface area contributed by atoms with E-state index in [1.165, 1.54) is 12.1 Å². The molecular formula is C12H13NO3. The molecule has 0 radical (unpaired) electrons. The predicted octanol–water partition coefficient (Wildman–Crippen LogP) is 1.67. The highest BCUT2D eigenvalue weighted by Crippen LogP contribution is 2.34. The summed E-state index contributed by atoms with van der Waals surface area (Å²) >= 11 is 0. The second kappa shape index (κ2) is 3.63. The molecule has 0 aliphatic heterocycles. The minimum Gasteiger partial charge on any atom is -0.478 e. The van der Waals surface area contributed by atoms with E-state index < -0.39 is 5.97 Å². The summed E-state index contributed by atoms with van der Waals surface area (Å²) in [5.74, 6) is -1.23. The number of nitrogens with one attached hydrogen (secondary N) is 1. The molecule has 4 nitrogen and oxygen atoms in total. The van der Waals surface area contributed by atoms with Crippen molar-refractivity contribution in [2.75, 3.05) is 0 Å². The van der Waals surface area contributed by atoms with Gasteiger partial charge in [0.1, 0.15) is 0 Å². The van der Waals surface area contributed by atoms with Crippen LogP contribution in [0.2, 0.25) is 0 Å². The average Bonchev–Trinajstić information content (AvgIpc) is 2.96. The molecular weight excluding hydrogens is 206 g/mol. The fourth-order valence-electron chi connectivity index (χ4n) is 1.45. The highest BCUT2D eigenvalue weighted by Gasteiger charge is 2.38. The number of rotatable bonds is 3. The minimum absolute atomic E-state index is 0.0870. The van der Waals surface area contributed by atoms with Crippen molar-refractivity contribution in [3.8, 4) is 0 Å². The maximum Gasteiger partial charge on any atom is 0.335 e. The van der Waals surface area contributed by atoms with Crippen LogP contribution in [0, 0.1) is 0 Å². The van der Waals surface area contributed by atoms with E-state index in [0.717, 1.165) is 12.8 Å². The Kier molecular flexibility index (Phi) is 2.42. The van der Waals surface area contributed by atoms with Crippen LogP contribution in [-0.2, 0) is 0 Å². The van der Waals surface area contributed by atoms with Crippen LogP contribution >= 0.6 is 0 Å². The highest BCUT2D eigenvalue weighted by atomic mass is 16.4. The van der Waals surface area contributed by atoms with Gasteiger partial charge in [-0.2, -0.15) is 0 Å². The normalized spacial score (nSPS) is 16.6. The Hall–Kier alpha value is -1.84. The molecule has 0 aromatic heterocycles. The lowest BCUT2D eigenvalue weighted by Gasteiger charge is -2.11. The van der Waals surface area contributed by atoms with Gasteiger partial charge in [0.05, 0.1) is 5.56 Å². The van der Waals surface area contributed by atoms with Crippen molar-refractivity contribution in [3.05, 3.63) is 35.4 Å². The van der Waals surface area contributed by atoms with Crippen LogP contribution in [0.4, 0.5) is 0 Å². The Balaban J connectivity index is 2.16. The van der Waals surface area contributed by atoms with Gasteiger partial charge in [0.2, 0.25) is 0 Å². The molecule has 0 atom stereocenters. The van der Waals surface area contributed by atoms with Crippen LogP contribution in [-0.4, -0.2) is 22.5 Å². The molecule has 16 heavy (non-hydrogen) atoms. The van der Waals surface area contributed by atoms with Crippen LogP contribution in [0.25, 0.3) is 0 Å². The standard InChI is InChI=1S/C12H13NO3/c1-12(5-6-12)13-10(14)8-3-2-4-9(7-8)11(15)16/h2-4,7H,5-6H2,1H3,(H,13,14)(H,15,16). The molecule has 2 rings (SSSR count). The molecule has 1 aliphatic carbocycles. The van der Waals surface area contributed by atoms with Gasteiger partial charge in [0.15, 0.2) is 0 Å². The number of carbonyl (C=O) groups excluding carboxylic acids is 1. The maximum atomic E-state index is 11.8. The topological polar surface area (TPSA) is 66.4 Å². The summed E-state index contributed by atoms with van der Waals surface area (Å²) in [7, 11) is 0. The molecule has 1 aromatic rings. The summed E-state index contributed by atoms with van der Waals surface area (Å²) < 4.78 is 0. The molecule has 0 unspecified atom stereocenters. The number of amides is 1. The fourth-order valence-corrected chi connectivity index (χ4v) is 1.45. The first-order valence-corrected chi connectivity index (χ1v) is 5.16. The zero-order chi connectivity index (χ0) is 11.8. The van der Waals surface area contributed by atoms with Crippen molar-refractivity contribution in [3.63, 3.8) is 0 Å². The van der Waals surface area contributed by atoms with Gasteiger partial charge in [-0.25, -0.2) is 4.79 Å². The summed E-state index contributed by atoms with van der Waals surface area (Å²) in [6, 6.07) is 6.06. The summed E-state index contributed by atoms with van der Waals surface area (Å²) in [5, 5.41) is 11.7. The average molecular weight is 219 g/mol. The van der Waals surface area contributed by atoms with E-state index in [4.69, 9.17) is 5.11 Å². The Morgan fingerprint density at radius 2 is 1.94 bits per heavy atom. The van der Waals surface area contributed by atoms with Gasteiger partial charge in [0.25, 0.3) is 5.91 Å². The predicted molar refractivity (Wildman–Crippen MR) is 58.5 cm³/mol. The molecule has 2 N–H and O–H groups in total. The van der Waals surface area contributed by atoms with E-state index in [9.17, 15) is 9.59 Å². The highest BCUT2D eigenvalue weighted by molar-refractivity contribution is 5.97. The second-order valence-corrected chi connectivity index (χ2v) is 4.40. The second-order valence-electron chi connectivity index (χ2n) is 4.40. The molecule has 4 heteroatoms. The third-order valence-corrected chi connectivity index (χ3v) is 2.79. The third kappa shape index (κ3) is 2.21. The summed E-state index contributed by atoms with van der Waals surface area (Å²) in [5.41, 5.74) is 0.442. The van der Waals surface area contributed by atoms with Gasteiger partial charge in [0, 0.05) is 11.1 Å². The van der Waals surface area contributed by atoms with E-state index in [0.29, 0.717) is 5.56 Å². The van der Waals surface area contributed by atoms with Crippen molar-refractivity contribution >= 4 is 11.9 Å². The van der Waals surface area contributed by atoms with Crippen molar-refractivity contribution in [1.82, 2.24) is 5.32 Å². The van der Waals surface area contributed by atoms with Crippen LogP contribution < -0.4 is 5.32 Å². The first kappa shape index (κ1) is 10.7. The smallest absolute Gasteiger partial charge is 0.335 e. The van der Waals surface area contributed by atoms with Gasteiger partial charge in [-0.05, 0) is 38.0 Å². The summed E-state index contributed by atoms with van der Waals surface area (Å²) in [6.07, 6.45) is 1.97. The minimum atomic E-state index is -1.02. The van der Waals surface area contributed by atoms with Gasteiger partial charge in [-0.15, -0.1) is 0 Å². The number of hydrogen-bond donors (Lipinski definition) is 2. The summed E-state index contributed by atoms with van der Waals surface area (Å²) in [4.78, 5) is 22.5. The molecule has 0 saturated heterocycles. The van der Waals surface area contributed by atoms with Gasteiger partial charge >= 0.3 is 5.97 Å². The summed E-state index contributed by atoms with van der Waals surface area (Å²) in [6.45, 7) is 1.98. The quantitative estimate of drug-likeness (QED) is 0.812. The zero-order valence-electron chi connectivity index (χ0n) is 8.99. The molecule has 0 bridgehead atoms. The Morgan fingerprint density at radius 1 is 1.31 bits per heavy atom. The molecule has 1 saturated carbocycles. The van der Waals surface area contributed by atoms with E-state index in [-0.39, 0.29) is 17.0 Å². The Bertz CT molecular complexity index is 449. The number of aromatic carboxylic acids is 1. The number of carbonyl (C=O) groups is 2. The maximum absolute atomic E-state index is 11.8. The van der Waals surface area contributed by atoms with Gasteiger partial charge in [-0.3, -0.25) is 4.79 Å². The number of hydrogen-bond acceptors (Lipinski definition) is 2. The van der Waals surface area contributed by atoms with Crippen molar-refractivity contribution < 1.29 is 14.7 Å².